The average Bonchev–Trinajstić information content (AvgIpc) is 2.92. The minimum atomic E-state index is -0.354. The van der Waals surface area contributed by atoms with Gasteiger partial charge in [-0.3, -0.25) is 9.59 Å². The zero-order valence-electron chi connectivity index (χ0n) is 11.4. The Bertz CT molecular complexity index is 551. The maximum Gasteiger partial charge on any atom is 0.226 e. The van der Waals surface area contributed by atoms with E-state index in [2.05, 4.69) is 0 Å². The molecule has 1 aliphatic rings. The number of benzene rings is 1. The lowest BCUT2D eigenvalue weighted by Crippen LogP contribution is -2.32. The van der Waals surface area contributed by atoms with E-state index in [9.17, 15) is 9.59 Å². The summed E-state index contributed by atoms with van der Waals surface area (Å²) in [5, 5.41) is 0.964. The topological polar surface area (TPSA) is 72.6 Å². The first kappa shape index (κ1) is 15.9. The quantitative estimate of drug-likeness (QED) is 0.898. The van der Waals surface area contributed by atoms with E-state index in [4.69, 9.17) is 33.7 Å². The molecule has 114 valence electrons. The highest BCUT2D eigenvalue weighted by atomic mass is 35.5. The average molecular weight is 331 g/mol. The first-order valence-corrected chi connectivity index (χ1v) is 7.38. The fourth-order valence-electron chi connectivity index (χ4n) is 2.21. The van der Waals surface area contributed by atoms with Gasteiger partial charge in [-0.15, -0.1) is 0 Å². The van der Waals surface area contributed by atoms with Crippen molar-refractivity contribution in [1.82, 2.24) is 4.90 Å². The number of carbonyl (C=O) groups excluding carboxylic acids is 2. The summed E-state index contributed by atoms with van der Waals surface area (Å²) in [7, 11) is 0. The van der Waals surface area contributed by atoms with Crippen molar-refractivity contribution >= 4 is 35.0 Å². The maximum atomic E-state index is 12.0. The molecule has 1 aromatic rings. The van der Waals surface area contributed by atoms with Crippen LogP contribution in [0.4, 0.5) is 0 Å². The minimum Gasteiger partial charge on any atom is -0.491 e. The first-order chi connectivity index (χ1) is 9.97. The molecule has 0 aromatic heterocycles. The minimum absolute atomic E-state index is 0.0584. The van der Waals surface area contributed by atoms with Gasteiger partial charge in [-0.25, -0.2) is 0 Å². The van der Waals surface area contributed by atoms with Crippen LogP contribution in [0.3, 0.4) is 0 Å². The molecule has 0 radical (unpaired) electrons. The Morgan fingerprint density at radius 2 is 2.14 bits per heavy atom. The molecule has 1 aliphatic heterocycles. The molecular weight excluding hydrogens is 315 g/mol. The predicted molar refractivity (Wildman–Crippen MR) is 80.5 cm³/mol. The lowest BCUT2D eigenvalue weighted by atomic mass is 10.1. The van der Waals surface area contributed by atoms with Gasteiger partial charge in [0, 0.05) is 24.2 Å². The van der Waals surface area contributed by atoms with Crippen LogP contribution in [-0.4, -0.2) is 36.4 Å². The summed E-state index contributed by atoms with van der Waals surface area (Å²) in [5.41, 5.74) is 5.24. The van der Waals surface area contributed by atoms with Gasteiger partial charge in [0.1, 0.15) is 5.75 Å². The second-order valence-corrected chi connectivity index (χ2v) is 5.74. The number of rotatable bonds is 5. The van der Waals surface area contributed by atoms with Gasteiger partial charge in [0.25, 0.3) is 0 Å². The first-order valence-electron chi connectivity index (χ1n) is 6.62. The van der Waals surface area contributed by atoms with E-state index in [1.807, 2.05) is 0 Å². The van der Waals surface area contributed by atoms with Crippen LogP contribution in [0.1, 0.15) is 12.8 Å². The molecule has 2 N–H and O–H groups in total. The molecule has 1 unspecified atom stereocenters. The number of halogens is 2. The molecule has 7 heteroatoms. The van der Waals surface area contributed by atoms with Crippen molar-refractivity contribution in [2.45, 2.75) is 12.8 Å². The number of amides is 2. The summed E-state index contributed by atoms with van der Waals surface area (Å²) < 4.78 is 5.47. The van der Waals surface area contributed by atoms with Crippen LogP contribution in [0.25, 0.3) is 0 Å². The third-order valence-corrected chi connectivity index (χ3v) is 3.96. The molecule has 1 saturated heterocycles. The Labute approximate surface area is 132 Å². The van der Waals surface area contributed by atoms with Crippen molar-refractivity contribution in [1.29, 1.82) is 0 Å². The van der Waals surface area contributed by atoms with E-state index in [-0.39, 0.29) is 30.8 Å². The third kappa shape index (κ3) is 4.25. The molecule has 1 fully saturated rings. The highest BCUT2D eigenvalue weighted by Gasteiger charge is 2.29. The Morgan fingerprint density at radius 1 is 1.38 bits per heavy atom. The van der Waals surface area contributed by atoms with Crippen molar-refractivity contribution in [3.8, 4) is 5.75 Å². The van der Waals surface area contributed by atoms with Crippen LogP contribution < -0.4 is 10.5 Å². The van der Waals surface area contributed by atoms with Gasteiger partial charge in [-0.1, -0.05) is 23.2 Å². The molecule has 0 spiro atoms. The van der Waals surface area contributed by atoms with Crippen molar-refractivity contribution in [2.24, 2.45) is 11.7 Å². The standard InChI is InChI=1S/C14H16Cl2N2O3/c15-10-1-2-11(16)12(7-10)21-6-4-13(19)18-5-3-9(8-18)14(17)20/h1-2,7,9H,3-6,8H2,(H2,17,20). The van der Waals surface area contributed by atoms with Crippen molar-refractivity contribution in [2.75, 3.05) is 19.7 Å². The number of likely N-dealkylation sites (tertiary alicyclic amines) is 1. The van der Waals surface area contributed by atoms with Gasteiger partial charge in [0.2, 0.25) is 11.8 Å². The molecule has 5 nitrogen and oxygen atoms in total. The smallest absolute Gasteiger partial charge is 0.226 e. The van der Waals surface area contributed by atoms with Crippen molar-refractivity contribution in [3.63, 3.8) is 0 Å². The Balaban J connectivity index is 1.80. The van der Waals surface area contributed by atoms with Crippen molar-refractivity contribution < 1.29 is 14.3 Å². The molecule has 0 bridgehead atoms. The summed E-state index contributed by atoms with van der Waals surface area (Å²) in [4.78, 5) is 24.7. The Kier molecular flexibility index (Phi) is 5.31. The molecule has 0 aliphatic carbocycles. The van der Waals surface area contributed by atoms with Gasteiger partial charge >= 0.3 is 0 Å². The van der Waals surface area contributed by atoms with E-state index in [1.54, 1.807) is 23.1 Å². The number of carbonyl (C=O) groups is 2. The Hall–Kier alpha value is -1.46. The van der Waals surface area contributed by atoms with Crippen LogP contribution in [-0.2, 0) is 9.59 Å². The SMILES string of the molecule is NC(=O)C1CCN(C(=O)CCOc2cc(Cl)ccc2Cl)C1. The molecule has 0 saturated carbocycles. The van der Waals surface area contributed by atoms with Crippen LogP contribution in [0, 0.1) is 5.92 Å². The van der Waals surface area contributed by atoms with E-state index >= 15 is 0 Å². The number of hydrogen-bond donors (Lipinski definition) is 1. The van der Waals surface area contributed by atoms with E-state index in [1.165, 1.54) is 0 Å². The largest absolute Gasteiger partial charge is 0.491 e. The van der Waals surface area contributed by atoms with Crippen LogP contribution >= 0.6 is 23.2 Å². The van der Waals surface area contributed by atoms with E-state index < -0.39 is 0 Å². The van der Waals surface area contributed by atoms with Crippen LogP contribution in [0.5, 0.6) is 5.75 Å². The van der Waals surface area contributed by atoms with Crippen LogP contribution in [0.15, 0.2) is 18.2 Å². The number of hydrogen-bond acceptors (Lipinski definition) is 3. The van der Waals surface area contributed by atoms with Gasteiger partial charge in [0.05, 0.1) is 24.0 Å². The lowest BCUT2D eigenvalue weighted by Gasteiger charge is -2.16. The fourth-order valence-corrected chi connectivity index (χ4v) is 2.55. The summed E-state index contributed by atoms with van der Waals surface area (Å²) in [6.45, 7) is 1.16. The molecular formula is C14H16Cl2N2O3. The summed E-state index contributed by atoms with van der Waals surface area (Å²) in [6, 6.07) is 4.91. The van der Waals surface area contributed by atoms with Crippen LogP contribution in [0.2, 0.25) is 10.0 Å². The maximum absolute atomic E-state index is 12.0. The van der Waals surface area contributed by atoms with E-state index in [0.29, 0.717) is 35.3 Å². The number of nitrogens with zero attached hydrogens (tertiary/aromatic N) is 1. The zero-order valence-corrected chi connectivity index (χ0v) is 12.9. The zero-order chi connectivity index (χ0) is 15.4. The highest BCUT2D eigenvalue weighted by Crippen LogP contribution is 2.27. The molecule has 1 atom stereocenters. The molecule has 1 aromatic carbocycles. The third-order valence-electron chi connectivity index (χ3n) is 3.41. The van der Waals surface area contributed by atoms with E-state index in [0.717, 1.165) is 0 Å². The number of primary amides is 1. The Morgan fingerprint density at radius 3 is 2.81 bits per heavy atom. The molecule has 21 heavy (non-hydrogen) atoms. The van der Waals surface area contributed by atoms with Crippen molar-refractivity contribution in [3.05, 3.63) is 28.2 Å². The molecule has 1 heterocycles. The number of nitrogens with two attached hydrogens (primary N) is 1. The van der Waals surface area contributed by atoms with Gasteiger partial charge < -0.3 is 15.4 Å². The monoisotopic (exact) mass is 330 g/mol. The van der Waals surface area contributed by atoms with Gasteiger partial charge in [-0.05, 0) is 18.6 Å². The normalized spacial score (nSPS) is 17.8. The summed E-state index contributed by atoms with van der Waals surface area (Å²) >= 11 is 11.8. The molecule has 2 amide bonds. The summed E-state index contributed by atoms with van der Waals surface area (Å²) in [5.74, 6) is -0.199. The second-order valence-electron chi connectivity index (χ2n) is 4.90. The van der Waals surface area contributed by atoms with Gasteiger partial charge in [0.15, 0.2) is 0 Å². The summed E-state index contributed by atoms with van der Waals surface area (Å²) in [6.07, 6.45) is 0.844. The molecule has 2 rings (SSSR count). The lowest BCUT2D eigenvalue weighted by molar-refractivity contribution is -0.131. The van der Waals surface area contributed by atoms with Gasteiger partial charge in [-0.2, -0.15) is 0 Å². The predicted octanol–water partition coefficient (Wildman–Crippen LogP) is 2.10. The number of ether oxygens (including phenoxy) is 1. The second kappa shape index (κ2) is 7.00. The highest BCUT2D eigenvalue weighted by molar-refractivity contribution is 6.34. The fraction of sp³-hybridized carbons (Fsp3) is 0.429.